The lowest BCUT2D eigenvalue weighted by molar-refractivity contribution is -0.162. The van der Waals surface area contributed by atoms with Crippen molar-refractivity contribution >= 4 is 17.3 Å². The van der Waals surface area contributed by atoms with Gasteiger partial charge in [-0.05, 0) is 5.92 Å². The predicted molar refractivity (Wildman–Crippen MR) is 95.3 cm³/mol. The number of hydrogen-bond acceptors (Lipinski definition) is 10. The van der Waals surface area contributed by atoms with Gasteiger partial charge in [0.15, 0.2) is 17.7 Å². The summed E-state index contributed by atoms with van der Waals surface area (Å²) in [7, 11) is 0. The number of ether oxygens (including phenoxy) is 2. The SMILES string of the molecule is [2H]C([2H])(O)[C@H]1O[C@@](C#N)(c2cc(F)c3c(N)ncnn23)[C@H](OC(=O)[C@@H](N)C(C)C)[C@@H]1O. The molecule has 29 heavy (non-hydrogen) atoms. The summed E-state index contributed by atoms with van der Waals surface area (Å²) in [5, 5.41) is 34.3. The first-order valence-electron chi connectivity index (χ1n) is 9.59. The van der Waals surface area contributed by atoms with Crippen molar-refractivity contribution in [3.63, 3.8) is 0 Å². The van der Waals surface area contributed by atoms with Crippen LogP contribution in [-0.4, -0.2) is 61.7 Å². The van der Waals surface area contributed by atoms with Crippen LogP contribution in [0, 0.1) is 23.1 Å². The van der Waals surface area contributed by atoms with Gasteiger partial charge in [-0.3, -0.25) is 4.79 Å². The zero-order valence-corrected chi connectivity index (χ0v) is 15.5. The molecule has 1 aliphatic rings. The van der Waals surface area contributed by atoms with Gasteiger partial charge in [-0.2, -0.15) is 10.4 Å². The Morgan fingerprint density at radius 1 is 1.66 bits per heavy atom. The Hall–Kier alpha value is -2.85. The number of aliphatic hydroxyl groups is 2. The van der Waals surface area contributed by atoms with Crippen LogP contribution in [0.4, 0.5) is 10.2 Å². The average Bonchev–Trinajstić information content (AvgIpc) is 3.17. The zero-order chi connectivity index (χ0) is 23.3. The van der Waals surface area contributed by atoms with E-state index in [0.29, 0.717) is 0 Å². The molecule has 0 amide bonds. The number of aliphatic hydroxyl groups excluding tert-OH is 1. The van der Waals surface area contributed by atoms with E-state index in [2.05, 4.69) is 10.1 Å². The largest absolute Gasteiger partial charge is 0.454 e. The van der Waals surface area contributed by atoms with Gasteiger partial charge in [0.1, 0.15) is 36.2 Å². The molecule has 2 aromatic heterocycles. The number of carbonyl (C=O) groups is 1. The summed E-state index contributed by atoms with van der Waals surface area (Å²) in [6, 6.07) is 1.38. The van der Waals surface area contributed by atoms with E-state index in [9.17, 15) is 24.7 Å². The second-order valence-corrected chi connectivity index (χ2v) is 6.92. The highest BCUT2D eigenvalue weighted by atomic mass is 19.1. The first-order chi connectivity index (χ1) is 14.3. The van der Waals surface area contributed by atoms with Gasteiger partial charge in [-0.1, -0.05) is 13.8 Å². The monoisotopic (exact) mass is 410 g/mol. The van der Waals surface area contributed by atoms with Crippen molar-refractivity contribution in [1.82, 2.24) is 14.6 Å². The fraction of sp³-hybridized carbons (Fsp3) is 0.529. The minimum atomic E-state index is -3.15. The van der Waals surface area contributed by atoms with E-state index in [1.807, 2.05) is 0 Å². The van der Waals surface area contributed by atoms with Crippen molar-refractivity contribution in [2.45, 2.75) is 43.8 Å². The molecule has 0 radical (unpaired) electrons. The number of anilines is 1. The van der Waals surface area contributed by atoms with E-state index in [1.165, 1.54) is 0 Å². The summed E-state index contributed by atoms with van der Waals surface area (Å²) in [6.45, 7) is 0.119. The Morgan fingerprint density at radius 3 is 2.93 bits per heavy atom. The van der Waals surface area contributed by atoms with Gasteiger partial charge in [0, 0.05) is 6.07 Å². The number of nitrogens with two attached hydrogens (primary N) is 2. The third-order valence-corrected chi connectivity index (χ3v) is 4.78. The Balaban J connectivity index is 2.21. The predicted octanol–water partition coefficient (Wildman–Crippen LogP) is -1.18. The van der Waals surface area contributed by atoms with Crippen molar-refractivity contribution in [3.05, 3.63) is 23.9 Å². The van der Waals surface area contributed by atoms with Crippen molar-refractivity contribution in [2.24, 2.45) is 11.7 Å². The van der Waals surface area contributed by atoms with Crippen LogP contribution in [0.3, 0.4) is 0 Å². The summed E-state index contributed by atoms with van der Waals surface area (Å²) in [5.41, 5.74) is 8.31. The number of fused-ring (bicyclic) bond motifs is 1. The van der Waals surface area contributed by atoms with E-state index < -0.39 is 48.3 Å². The maximum absolute atomic E-state index is 14.6. The molecule has 0 aliphatic carbocycles. The van der Waals surface area contributed by atoms with E-state index in [1.54, 1.807) is 19.9 Å². The number of hydrogen-bond donors (Lipinski definition) is 4. The molecule has 12 heteroatoms. The second-order valence-electron chi connectivity index (χ2n) is 6.92. The minimum absolute atomic E-state index is 0.269. The standard InChI is InChI=1S/C17H21FN6O5/c1-7(2)11(20)16(27)28-14-13(26)9(4-25)29-17(14,5-19)10-3-8(18)12-15(21)22-6-23-24(10)12/h3,6-7,9,11,13-14,25-26H,4,20H2,1-2H3,(H2,21,22,23)/t9-,11+,13-,14-,17+/m1/s1/i4D2. The normalized spacial score (nSPS) is 29.4. The summed E-state index contributed by atoms with van der Waals surface area (Å²) in [4.78, 5) is 16.2. The van der Waals surface area contributed by atoms with Crippen molar-refractivity contribution < 1.29 is 31.6 Å². The molecule has 1 saturated heterocycles. The summed E-state index contributed by atoms with van der Waals surface area (Å²) < 4.78 is 41.3. The average molecular weight is 410 g/mol. The van der Waals surface area contributed by atoms with E-state index in [0.717, 1.165) is 16.9 Å². The molecule has 1 aliphatic heterocycles. The number of nitrogens with zero attached hydrogens (tertiary/aromatic N) is 4. The van der Waals surface area contributed by atoms with Crippen LogP contribution in [0.1, 0.15) is 22.3 Å². The van der Waals surface area contributed by atoms with Gasteiger partial charge in [0.25, 0.3) is 0 Å². The molecule has 0 aromatic carbocycles. The third kappa shape index (κ3) is 3.18. The molecule has 1 fully saturated rings. The van der Waals surface area contributed by atoms with Crippen LogP contribution in [0.2, 0.25) is 0 Å². The van der Waals surface area contributed by atoms with Gasteiger partial charge >= 0.3 is 5.97 Å². The van der Waals surface area contributed by atoms with Crippen molar-refractivity contribution in [3.8, 4) is 6.07 Å². The molecule has 6 N–H and O–H groups in total. The van der Waals surface area contributed by atoms with Gasteiger partial charge in [0.2, 0.25) is 5.60 Å². The van der Waals surface area contributed by atoms with Gasteiger partial charge in [-0.15, -0.1) is 0 Å². The number of carbonyl (C=O) groups excluding carboxylic acids is 1. The van der Waals surface area contributed by atoms with Crippen LogP contribution < -0.4 is 11.5 Å². The molecular weight excluding hydrogens is 387 g/mol. The minimum Gasteiger partial charge on any atom is -0.454 e. The Kier molecular flexibility index (Phi) is 4.72. The highest BCUT2D eigenvalue weighted by molar-refractivity contribution is 5.76. The first kappa shape index (κ1) is 18.2. The van der Waals surface area contributed by atoms with Crippen molar-refractivity contribution in [1.29, 1.82) is 5.26 Å². The molecule has 11 nitrogen and oxygen atoms in total. The molecular formula is C17H21FN6O5. The Bertz CT molecular complexity index is 1050. The van der Waals surface area contributed by atoms with Crippen molar-refractivity contribution in [2.75, 3.05) is 12.3 Å². The molecule has 0 spiro atoms. The van der Waals surface area contributed by atoms with Crippen LogP contribution in [0.15, 0.2) is 12.4 Å². The molecule has 0 unspecified atom stereocenters. The number of nitriles is 1. The summed E-state index contributed by atoms with van der Waals surface area (Å²) in [6.07, 6.45) is -4.97. The quantitative estimate of drug-likeness (QED) is 0.438. The number of aromatic nitrogens is 3. The van der Waals surface area contributed by atoms with Gasteiger partial charge in [-0.25, -0.2) is 13.9 Å². The number of nitrogen functional groups attached to an aromatic ring is 1. The zero-order valence-electron chi connectivity index (χ0n) is 17.5. The summed E-state index contributed by atoms with van der Waals surface area (Å²) >= 11 is 0. The lowest BCUT2D eigenvalue weighted by Crippen LogP contribution is -2.48. The Morgan fingerprint density at radius 2 is 2.34 bits per heavy atom. The number of halogens is 1. The number of esters is 1. The molecule has 156 valence electrons. The number of rotatable bonds is 5. The summed E-state index contributed by atoms with van der Waals surface area (Å²) in [5.74, 6) is -2.60. The van der Waals surface area contributed by atoms with Crippen LogP contribution >= 0.6 is 0 Å². The molecule has 3 heterocycles. The van der Waals surface area contributed by atoms with Crippen LogP contribution in [-0.2, 0) is 19.9 Å². The van der Waals surface area contributed by atoms with Crippen LogP contribution in [0.25, 0.3) is 5.52 Å². The molecule has 5 atom stereocenters. The van der Waals surface area contributed by atoms with E-state index >= 15 is 0 Å². The first-order valence-corrected chi connectivity index (χ1v) is 8.59. The molecule has 2 aromatic rings. The second kappa shape index (κ2) is 7.53. The molecule has 0 bridgehead atoms. The molecule has 0 saturated carbocycles. The fourth-order valence-electron chi connectivity index (χ4n) is 3.11. The smallest absolute Gasteiger partial charge is 0.323 e. The maximum atomic E-state index is 14.6. The van der Waals surface area contributed by atoms with Gasteiger partial charge < -0.3 is 31.2 Å². The van der Waals surface area contributed by atoms with E-state index in [4.69, 9.17) is 23.7 Å². The molecule has 3 rings (SSSR count). The fourth-order valence-corrected chi connectivity index (χ4v) is 3.11. The third-order valence-electron chi connectivity index (χ3n) is 4.78. The highest BCUT2D eigenvalue weighted by Gasteiger charge is 2.60. The Labute approximate surface area is 167 Å². The van der Waals surface area contributed by atoms with Gasteiger partial charge in [0.05, 0.1) is 15.0 Å². The lowest BCUT2D eigenvalue weighted by Gasteiger charge is -2.29. The lowest BCUT2D eigenvalue weighted by atomic mass is 9.92. The topological polar surface area (TPSA) is 182 Å². The highest BCUT2D eigenvalue weighted by Crippen LogP contribution is 2.42. The van der Waals surface area contributed by atoms with Crippen LogP contribution in [0.5, 0.6) is 0 Å². The van der Waals surface area contributed by atoms with E-state index in [-0.39, 0.29) is 22.9 Å². The maximum Gasteiger partial charge on any atom is 0.323 e.